The van der Waals surface area contributed by atoms with Crippen molar-refractivity contribution in [3.8, 4) is 0 Å². The van der Waals surface area contributed by atoms with E-state index in [1.165, 1.54) is 24.5 Å². The molecule has 1 aromatic carbocycles. The standard InChI is InChI=1S/C19H22N2O7S/c1-5-27-18(22)14-11(3)20-17(29(4)26)16(19(23)28-6-2)15(14)12-8-7-9-13(10-12)21(24)25/h7-10,15,20H,5-6H2,1-4H3. The molecule has 156 valence electrons. The highest BCUT2D eigenvalue weighted by Gasteiger charge is 2.40. The van der Waals surface area contributed by atoms with Crippen molar-refractivity contribution < 1.29 is 28.2 Å². The molecule has 29 heavy (non-hydrogen) atoms. The zero-order valence-corrected chi connectivity index (χ0v) is 17.3. The molecule has 1 aromatic rings. The van der Waals surface area contributed by atoms with Gasteiger partial charge in [0.15, 0.2) is 0 Å². The van der Waals surface area contributed by atoms with Crippen LogP contribution in [0.15, 0.2) is 46.1 Å². The summed E-state index contributed by atoms with van der Waals surface area (Å²) >= 11 is 0. The van der Waals surface area contributed by atoms with Gasteiger partial charge >= 0.3 is 11.9 Å². The lowest BCUT2D eigenvalue weighted by atomic mass is 9.82. The second-order valence-corrected chi connectivity index (χ2v) is 7.40. The van der Waals surface area contributed by atoms with E-state index in [-0.39, 0.29) is 35.1 Å². The lowest BCUT2D eigenvalue weighted by Crippen LogP contribution is -2.34. The molecule has 1 aliphatic rings. The highest BCUT2D eigenvalue weighted by molar-refractivity contribution is 7.88. The first-order valence-corrected chi connectivity index (χ1v) is 10.4. The number of rotatable bonds is 7. The van der Waals surface area contributed by atoms with Crippen LogP contribution in [-0.2, 0) is 29.9 Å². The van der Waals surface area contributed by atoms with Crippen molar-refractivity contribution in [1.82, 2.24) is 5.32 Å². The molecular weight excluding hydrogens is 400 g/mol. The highest BCUT2D eigenvalue weighted by Crippen LogP contribution is 2.40. The van der Waals surface area contributed by atoms with E-state index in [0.29, 0.717) is 11.3 Å². The molecule has 0 saturated heterocycles. The van der Waals surface area contributed by atoms with Crippen molar-refractivity contribution in [3.63, 3.8) is 0 Å². The molecule has 1 N–H and O–H groups in total. The van der Waals surface area contributed by atoms with Crippen LogP contribution in [0.2, 0.25) is 0 Å². The van der Waals surface area contributed by atoms with Crippen LogP contribution in [0.3, 0.4) is 0 Å². The summed E-state index contributed by atoms with van der Waals surface area (Å²) < 4.78 is 22.6. The Morgan fingerprint density at radius 2 is 1.76 bits per heavy atom. The van der Waals surface area contributed by atoms with Gasteiger partial charge in [0.2, 0.25) is 0 Å². The third kappa shape index (κ3) is 4.70. The van der Waals surface area contributed by atoms with Crippen LogP contribution in [-0.4, -0.2) is 40.5 Å². The number of nitro groups is 1. The Morgan fingerprint density at radius 3 is 2.28 bits per heavy atom. The molecular formula is C19H22N2O7S. The van der Waals surface area contributed by atoms with Crippen LogP contribution in [0.4, 0.5) is 5.69 Å². The largest absolute Gasteiger partial charge is 0.463 e. The van der Waals surface area contributed by atoms with Crippen LogP contribution in [0, 0.1) is 10.1 Å². The number of esters is 2. The Labute approximate surface area is 170 Å². The Bertz CT molecular complexity index is 936. The van der Waals surface area contributed by atoms with Crippen molar-refractivity contribution in [3.05, 3.63) is 61.8 Å². The summed E-state index contributed by atoms with van der Waals surface area (Å²) in [4.78, 5) is 36.2. The smallest absolute Gasteiger partial charge is 0.337 e. The predicted molar refractivity (Wildman–Crippen MR) is 106 cm³/mol. The first-order chi connectivity index (χ1) is 13.7. The molecule has 2 rings (SSSR count). The van der Waals surface area contributed by atoms with Gasteiger partial charge in [-0.15, -0.1) is 0 Å². The number of dihydropyridines is 1. The number of non-ortho nitro benzene ring substituents is 1. The van der Waals surface area contributed by atoms with Gasteiger partial charge in [0.05, 0.1) is 46.0 Å². The zero-order chi connectivity index (χ0) is 21.7. The molecule has 0 aliphatic carbocycles. The van der Waals surface area contributed by atoms with Crippen LogP contribution in [0.5, 0.6) is 0 Å². The molecule has 9 nitrogen and oxygen atoms in total. The molecule has 0 aromatic heterocycles. The van der Waals surface area contributed by atoms with Gasteiger partial charge in [-0.2, -0.15) is 0 Å². The van der Waals surface area contributed by atoms with Crippen molar-refractivity contribution in [2.45, 2.75) is 26.7 Å². The van der Waals surface area contributed by atoms with Crippen molar-refractivity contribution in [2.75, 3.05) is 19.5 Å². The fourth-order valence-electron chi connectivity index (χ4n) is 3.07. The maximum Gasteiger partial charge on any atom is 0.337 e. The molecule has 0 spiro atoms. The second-order valence-electron chi connectivity index (χ2n) is 6.09. The lowest BCUT2D eigenvalue weighted by Gasteiger charge is -2.30. The van der Waals surface area contributed by atoms with Gasteiger partial charge in [0.1, 0.15) is 5.03 Å². The number of nitro benzene ring substituents is 1. The minimum Gasteiger partial charge on any atom is -0.463 e. The van der Waals surface area contributed by atoms with E-state index in [1.54, 1.807) is 26.8 Å². The molecule has 0 fully saturated rings. The number of nitrogens with zero attached hydrogens (tertiary/aromatic N) is 1. The molecule has 0 amide bonds. The molecule has 1 aliphatic heterocycles. The van der Waals surface area contributed by atoms with Crippen molar-refractivity contribution in [2.24, 2.45) is 0 Å². The molecule has 0 saturated carbocycles. The van der Waals surface area contributed by atoms with E-state index in [9.17, 15) is 23.9 Å². The molecule has 2 atom stereocenters. The number of benzene rings is 1. The predicted octanol–water partition coefficient (Wildman–Crippen LogP) is 2.27. The fourth-order valence-corrected chi connectivity index (χ4v) is 3.88. The number of carbonyl (C=O) groups is 2. The zero-order valence-electron chi connectivity index (χ0n) is 16.5. The summed E-state index contributed by atoms with van der Waals surface area (Å²) in [7, 11) is -1.62. The Balaban J connectivity index is 2.80. The minimum absolute atomic E-state index is 0.0400. The first-order valence-electron chi connectivity index (χ1n) is 8.86. The van der Waals surface area contributed by atoms with Crippen molar-refractivity contribution >= 4 is 28.4 Å². The minimum atomic E-state index is -1.62. The van der Waals surface area contributed by atoms with Gasteiger partial charge < -0.3 is 14.8 Å². The van der Waals surface area contributed by atoms with Gasteiger partial charge in [0, 0.05) is 24.1 Å². The molecule has 2 unspecified atom stereocenters. The van der Waals surface area contributed by atoms with E-state index in [0.717, 1.165) is 0 Å². The molecule has 0 bridgehead atoms. The summed E-state index contributed by atoms with van der Waals surface area (Å²) in [5, 5.41) is 14.2. The third-order valence-electron chi connectivity index (χ3n) is 4.22. The van der Waals surface area contributed by atoms with Gasteiger partial charge in [-0.05, 0) is 26.3 Å². The van der Waals surface area contributed by atoms with E-state index in [1.807, 2.05) is 0 Å². The van der Waals surface area contributed by atoms with Gasteiger partial charge in [-0.1, -0.05) is 12.1 Å². The van der Waals surface area contributed by atoms with E-state index in [4.69, 9.17) is 9.47 Å². The SMILES string of the molecule is CCOC(=O)C1=C(C)NC(S(C)=O)=C(C(=O)OCC)C1c1cccc([N+](=O)[O-])c1. The van der Waals surface area contributed by atoms with Crippen LogP contribution < -0.4 is 5.32 Å². The number of allylic oxidation sites excluding steroid dienone is 1. The maximum atomic E-state index is 12.8. The molecule has 1 heterocycles. The normalized spacial score (nSPS) is 17.4. The summed E-state index contributed by atoms with van der Waals surface area (Å²) in [5.74, 6) is -2.49. The Morgan fingerprint density at radius 1 is 1.17 bits per heavy atom. The number of hydrogen-bond donors (Lipinski definition) is 1. The fraction of sp³-hybridized carbons (Fsp3) is 0.368. The maximum absolute atomic E-state index is 12.8. The summed E-state index contributed by atoms with van der Waals surface area (Å²) in [6.07, 6.45) is 1.38. The van der Waals surface area contributed by atoms with Crippen LogP contribution >= 0.6 is 0 Å². The molecule has 0 radical (unpaired) electrons. The van der Waals surface area contributed by atoms with E-state index < -0.39 is 33.6 Å². The topological polar surface area (TPSA) is 125 Å². The lowest BCUT2D eigenvalue weighted by molar-refractivity contribution is -0.384. The number of carbonyl (C=O) groups excluding carboxylic acids is 2. The number of hydrogen-bond acceptors (Lipinski definition) is 8. The summed E-state index contributed by atoms with van der Waals surface area (Å²) in [6, 6.07) is 5.60. The van der Waals surface area contributed by atoms with Crippen molar-refractivity contribution in [1.29, 1.82) is 0 Å². The number of ether oxygens (including phenoxy) is 2. The van der Waals surface area contributed by atoms with E-state index in [2.05, 4.69) is 5.32 Å². The van der Waals surface area contributed by atoms with Gasteiger partial charge in [-0.3, -0.25) is 14.3 Å². The summed E-state index contributed by atoms with van der Waals surface area (Å²) in [5.41, 5.74) is 0.517. The highest BCUT2D eigenvalue weighted by atomic mass is 32.2. The Hall–Kier alpha value is -3.01. The Kier molecular flexibility index (Phi) is 7.27. The molecule has 10 heteroatoms. The number of nitrogens with one attached hydrogen (secondary N) is 1. The average Bonchev–Trinajstić information content (AvgIpc) is 2.67. The third-order valence-corrected chi connectivity index (χ3v) is 5.12. The van der Waals surface area contributed by atoms with Crippen LogP contribution in [0.25, 0.3) is 0 Å². The second kappa shape index (κ2) is 9.46. The van der Waals surface area contributed by atoms with Crippen LogP contribution in [0.1, 0.15) is 32.3 Å². The first kappa shape index (κ1) is 22.3. The average molecular weight is 422 g/mol. The van der Waals surface area contributed by atoms with Gasteiger partial charge in [0.25, 0.3) is 5.69 Å². The van der Waals surface area contributed by atoms with Gasteiger partial charge in [-0.25, -0.2) is 9.59 Å². The van der Waals surface area contributed by atoms with E-state index >= 15 is 0 Å². The summed E-state index contributed by atoms with van der Waals surface area (Å²) in [6.45, 7) is 5.01. The monoisotopic (exact) mass is 422 g/mol. The quantitative estimate of drug-likeness (QED) is 0.403.